The van der Waals surface area contributed by atoms with Crippen molar-refractivity contribution in [2.75, 3.05) is 18.5 Å². The van der Waals surface area contributed by atoms with Crippen LogP contribution in [-0.2, 0) is 11.3 Å². The van der Waals surface area contributed by atoms with E-state index in [1.54, 1.807) is 0 Å². The first kappa shape index (κ1) is 17.5. The molecule has 0 saturated carbocycles. The average Bonchev–Trinajstić information content (AvgIpc) is 2.95. The molecule has 1 aliphatic heterocycles. The number of carbonyl (C=O) groups is 1. The summed E-state index contributed by atoms with van der Waals surface area (Å²) in [5.41, 5.74) is 2.81. The number of hydrogen-bond acceptors (Lipinski definition) is 4. The van der Waals surface area contributed by atoms with Crippen LogP contribution in [0.15, 0.2) is 54.6 Å². The Labute approximate surface area is 149 Å². The minimum atomic E-state index is -0.266. The van der Waals surface area contributed by atoms with Gasteiger partial charge < -0.3 is 10.1 Å². The van der Waals surface area contributed by atoms with Crippen molar-refractivity contribution >= 4 is 11.7 Å². The van der Waals surface area contributed by atoms with Crippen LogP contribution < -0.4 is 5.32 Å². The molecule has 3 rings (SSSR count). The Hall–Kier alpha value is -2.33. The van der Waals surface area contributed by atoms with Gasteiger partial charge in [0.15, 0.2) is 0 Å². The molecule has 2 atom stereocenters. The molecule has 4 heteroatoms. The van der Waals surface area contributed by atoms with E-state index in [9.17, 15) is 4.79 Å². The van der Waals surface area contributed by atoms with E-state index in [0.29, 0.717) is 24.3 Å². The van der Waals surface area contributed by atoms with Crippen molar-refractivity contribution in [3.63, 3.8) is 0 Å². The average molecular weight is 338 g/mol. The maximum atomic E-state index is 12.1. The summed E-state index contributed by atoms with van der Waals surface area (Å²) in [4.78, 5) is 14.6. The quantitative estimate of drug-likeness (QED) is 0.810. The predicted octanol–water partition coefficient (Wildman–Crippen LogP) is 3.94. The zero-order valence-electron chi connectivity index (χ0n) is 14.9. The third-order valence-corrected chi connectivity index (χ3v) is 4.71. The molecule has 1 fully saturated rings. The highest BCUT2D eigenvalue weighted by Crippen LogP contribution is 2.25. The van der Waals surface area contributed by atoms with Crippen molar-refractivity contribution in [2.45, 2.75) is 38.9 Å². The standard InChI is InChI=1S/C21H26N2O2/c1-3-25-21(24)19-11-7-8-12-20(19)22-18-13-16(2)23(15-18)14-17-9-5-4-6-10-17/h4-12,16,18,22H,3,13-15H2,1-2H3. The predicted molar refractivity (Wildman–Crippen MR) is 101 cm³/mol. The normalized spacial score (nSPS) is 20.4. The van der Waals surface area contributed by atoms with Gasteiger partial charge in [0.1, 0.15) is 0 Å². The molecule has 0 radical (unpaired) electrons. The van der Waals surface area contributed by atoms with Gasteiger partial charge >= 0.3 is 5.97 Å². The topological polar surface area (TPSA) is 41.6 Å². The number of para-hydroxylation sites is 1. The van der Waals surface area contributed by atoms with Crippen LogP contribution in [-0.4, -0.2) is 36.1 Å². The summed E-state index contributed by atoms with van der Waals surface area (Å²) >= 11 is 0. The second-order valence-corrected chi connectivity index (χ2v) is 6.61. The Kier molecular flexibility index (Phi) is 5.71. The highest BCUT2D eigenvalue weighted by molar-refractivity contribution is 5.95. The molecule has 0 aromatic heterocycles. The number of benzene rings is 2. The number of likely N-dealkylation sites (tertiary alicyclic amines) is 1. The van der Waals surface area contributed by atoms with E-state index < -0.39 is 0 Å². The molecule has 1 N–H and O–H groups in total. The third kappa shape index (κ3) is 4.40. The van der Waals surface area contributed by atoms with Gasteiger partial charge in [-0.1, -0.05) is 42.5 Å². The van der Waals surface area contributed by atoms with Crippen molar-refractivity contribution in [1.29, 1.82) is 0 Å². The van der Waals surface area contributed by atoms with E-state index in [0.717, 1.165) is 25.2 Å². The molecule has 1 heterocycles. The van der Waals surface area contributed by atoms with Crippen LogP contribution >= 0.6 is 0 Å². The number of rotatable bonds is 6. The first-order valence-corrected chi connectivity index (χ1v) is 8.98. The second kappa shape index (κ2) is 8.17. The fourth-order valence-electron chi connectivity index (χ4n) is 3.46. The van der Waals surface area contributed by atoms with Gasteiger partial charge in [0.25, 0.3) is 0 Å². The van der Waals surface area contributed by atoms with E-state index in [2.05, 4.69) is 41.4 Å². The summed E-state index contributed by atoms with van der Waals surface area (Å²) in [6, 6.07) is 19.0. The molecule has 2 unspecified atom stereocenters. The van der Waals surface area contributed by atoms with E-state index in [1.165, 1.54) is 5.56 Å². The first-order chi connectivity index (χ1) is 12.2. The molecule has 1 aliphatic rings. The number of hydrogen-bond donors (Lipinski definition) is 1. The summed E-state index contributed by atoms with van der Waals surface area (Å²) < 4.78 is 5.16. The van der Waals surface area contributed by atoms with Gasteiger partial charge in [0, 0.05) is 30.9 Å². The summed E-state index contributed by atoms with van der Waals surface area (Å²) in [5.74, 6) is -0.266. The van der Waals surface area contributed by atoms with E-state index in [1.807, 2.05) is 37.3 Å². The molecule has 1 saturated heterocycles. The van der Waals surface area contributed by atoms with Gasteiger partial charge in [-0.2, -0.15) is 0 Å². The maximum absolute atomic E-state index is 12.1. The van der Waals surface area contributed by atoms with Crippen LogP contribution in [0.5, 0.6) is 0 Å². The van der Waals surface area contributed by atoms with E-state index in [-0.39, 0.29) is 5.97 Å². The summed E-state index contributed by atoms with van der Waals surface area (Å²) in [6.45, 7) is 6.40. The third-order valence-electron chi connectivity index (χ3n) is 4.71. The summed E-state index contributed by atoms with van der Waals surface area (Å²) in [5, 5.41) is 3.55. The van der Waals surface area contributed by atoms with Gasteiger partial charge in [0.2, 0.25) is 0 Å². The fourth-order valence-corrected chi connectivity index (χ4v) is 3.46. The van der Waals surface area contributed by atoms with Crippen molar-refractivity contribution in [2.24, 2.45) is 0 Å². The monoisotopic (exact) mass is 338 g/mol. The first-order valence-electron chi connectivity index (χ1n) is 8.98. The molecule has 2 aromatic carbocycles. The molecular weight excluding hydrogens is 312 g/mol. The molecular formula is C21H26N2O2. The number of carbonyl (C=O) groups excluding carboxylic acids is 1. The van der Waals surface area contributed by atoms with Crippen LogP contribution in [0.3, 0.4) is 0 Å². The van der Waals surface area contributed by atoms with Gasteiger partial charge in [-0.25, -0.2) is 4.79 Å². The lowest BCUT2D eigenvalue weighted by Gasteiger charge is -2.21. The SMILES string of the molecule is CCOC(=O)c1ccccc1NC1CC(C)N(Cc2ccccc2)C1. The molecule has 0 bridgehead atoms. The van der Waals surface area contributed by atoms with Gasteiger partial charge in [-0.05, 0) is 38.0 Å². The largest absolute Gasteiger partial charge is 0.462 e. The molecule has 0 spiro atoms. The van der Waals surface area contributed by atoms with Crippen molar-refractivity contribution in [1.82, 2.24) is 4.90 Å². The van der Waals surface area contributed by atoms with Crippen molar-refractivity contribution < 1.29 is 9.53 Å². The van der Waals surface area contributed by atoms with Gasteiger partial charge in [-0.3, -0.25) is 4.90 Å². The highest BCUT2D eigenvalue weighted by Gasteiger charge is 2.29. The number of esters is 1. The Morgan fingerprint density at radius 3 is 2.64 bits per heavy atom. The lowest BCUT2D eigenvalue weighted by molar-refractivity contribution is 0.0527. The van der Waals surface area contributed by atoms with Crippen LogP contribution in [0, 0.1) is 0 Å². The Morgan fingerprint density at radius 1 is 1.16 bits per heavy atom. The van der Waals surface area contributed by atoms with Crippen LogP contribution in [0.2, 0.25) is 0 Å². The minimum Gasteiger partial charge on any atom is -0.462 e. The highest BCUT2D eigenvalue weighted by atomic mass is 16.5. The lowest BCUT2D eigenvalue weighted by atomic mass is 10.1. The van der Waals surface area contributed by atoms with Gasteiger partial charge in [-0.15, -0.1) is 0 Å². The Balaban J connectivity index is 1.66. The summed E-state index contributed by atoms with van der Waals surface area (Å²) in [7, 11) is 0. The number of anilines is 1. The zero-order chi connectivity index (χ0) is 17.6. The van der Waals surface area contributed by atoms with E-state index in [4.69, 9.17) is 4.74 Å². The molecule has 132 valence electrons. The molecule has 2 aromatic rings. The van der Waals surface area contributed by atoms with Crippen LogP contribution in [0.25, 0.3) is 0 Å². The number of nitrogens with zero attached hydrogens (tertiary/aromatic N) is 1. The zero-order valence-corrected chi connectivity index (χ0v) is 14.9. The Bertz CT molecular complexity index is 702. The Morgan fingerprint density at radius 2 is 1.88 bits per heavy atom. The second-order valence-electron chi connectivity index (χ2n) is 6.61. The molecule has 25 heavy (non-hydrogen) atoms. The number of ether oxygens (including phenoxy) is 1. The molecule has 0 amide bonds. The van der Waals surface area contributed by atoms with E-state index >= 15 is 0 Å². The minimum absolute atomic E-state index is 0.266. The molecule has 0 aliphatic carbocycles. The van der Waals surface area contributed by atoms with Crippen molar-refractivity contribution in [3.05, 3.63) is 65.7 Å². The molecule has 4 nitrogen and oxygen atoms in total. The fraction of sp³-hybridized carbons (Fsp3) is 0.381. The summed E-state index contributed by atoms with van der Waals surface area (Å²) in [6.07, 6.45) is 1.06. The van der Waals surface area contributed by atoms with Gasteiger partial charge in [0.05, 0.1) is 12.2 Å². The van der Waals surface area contributed by atoms with Crippen LogP contribution in [0.4, 0.5) is 5.69 Å². The lowest BCUT2D eigenvalue weighted by Crippen LogP contribution is -2.28. The van der Waals surface area contributed by atoms with Crippen LogP contribution in [0.1, 0.15) is 36.2 Å². The van der Waals surface area contributed by atoms with Crippen molar-refractivity contribution in [3.8, 4) is 0 Å². The number of nitrogens with one attached hydrogen (secondary N) is 1. The maximum Gasteiger partial charge on any atom is 0.340 e. The smallest absolute Gasteiger partial charge is 0.340 e.